The average Bonchev–Trinajstić information content (AvgIpc) is 3.21. The number of hydrogen-bond donors (Lipinski definition) is 1. The molecule has 1 unspecified atom stereocenters. The van der Waals surface area contributed by atoms with Crippen molar-refractivity contribution < 1.29 is 27.1 Å². The molecule has 0 fully saturated rings. The monoisotopic (exact) mass is 486 g/mol. The number of ether oxygens (including phenoxy) is 1. The first-order chi connectivity index (χ1) is 16.6. The van der Waals surface area contributed by atoms with Gasteiger partial charge in [0.05, 0.1) is 23.9 Å². The highest BCUT2D eigenvalue weighted by Crippen LogP contribution is 2.37. The number of benzene rings is 2. The standard InChI is InChI=1S/C25H22F4N4O2/c1-24(23(34)35-3,14-15-5-4-6-18(26)13-15)19-11-12-31-22-20(21(30-2)32-33(19)22)16-7-9-17(10-8-16)25(27,28)29/h4-13H,14H2,1-3H3,(H,30,32). The van der Waals surface area contributed by atoms with Gasteiger partial charge in [-0.25, -0.2) is 13.9 Å². The summed E-state index contributed by atoms with van der Waals surface area (Å²) in [4.78, 5) is 17.4. The fraction of sp³-hybridized carbons (Fsp3) is 0.240. The van der Waals surface area contributed by atoms with Gasteiger partial charge in [0.1, 0.15) is 11.2 Å². The van der Waals surface area contributed by atoms with Crippen LogP contribution in [0.2, 0.25) is 0 Å². The van der Waals surface area contributed by atoms with E-state index in [1.165, 1.54) is 42.1 Å². The first kappa shape index (κ1) is 24.2. The maximum atomic E-state index is 13.9. The van der Waals surface area contributed by atoms with Crippen molar-refractivity contribution in [2.45, 2.75) is 24.9 Å². The first-order valence-electron chi connectivity index (χ1n) is 10.6. The van der Waals surface area contributed by atoms with Gasteiger partial charge in [0.25, 0.3) is 0 Å². The van der Waals surface area contributed by atoms with Gasteiger partial charge in [-0.05, 0) is 54.8 Å². The summed E-state index contributed by atoms with van der Waals surface area (Å²) in [5.74, 6) is -0.634. The highest BCUT2D eigenvalue weighted by Gasteiger charge is 2.40. The Labute approximate surface area is 198 Å². The number of nitrogens with one attached hydrogen (secondary N) is 1. The van der Waals surface area contributed by atoms with E-state index in [2.05, 4.69) is 15.4 Å². The number of alkyl halides is 3. The lowest BCUT2D eigenvalue weighted by molar-refractivity contribution is -0.147. The molecule has 6 nitrogen and oxygen atoms in total. The van der Waals surface area contributed by atoms with Gasteiger partial charge in [-0.15, -0.1) is 5.10 Å². The Hall–Kier alpha value is -3.95. The van der Waals surface area contributed by atoms with Crippen LogP contribution < -0.4 is 5.32 Å². The lowest BCUT2D eigenvalue weighted by Crippen LogP contribution is -2.38. The minimum absolute atomic E-state index is 0.112. The lowest BCUT2D eigenvalue weighted by Gasteiger charge is -2.27. The molecule has 4 rings (SSSR count). The Bertz CT molecular complexity index is 1380. The molecule has 0 aliphatic carbocycles. The molecule has 0 aliphatic heterocycles. The van der Waals surface area contributed by atoms with Crippen LogP contribution in [0.1, 0.15) is 23.7 Å². The van der Waals surface area contributed by atoms with Gasteiger partial charge in [0.15, 0.2) is 11.5 Å². The molecule has 1 N–H and O–H groups in total. The van der Waals surface area contributed by atoms with E-state index < -0.39 is 28.9 Å². The third-order valence-corrected chi connectivity index (χ3v) is 5.90. The van der Waals surface area contributed by atoms with Gasteiger partial charge in [-0.2, -0.15) is 13.2 Å². The van der Waals surface area contributed by atoms with Crippen molar-refractivity contribution in [1.29, 1.82) is 0 Å². The molecule has 2 aromatic heterocycles. The number of anilines is 1. The summed E-state index contributed by atoms with van der Waals surface area (Å²) in [6, 6.07) is 12.2. The number of nitrogens with zero attached hydrogens (tertiary/aromatic N) is 3. The van der Waals surface area contributed by atoms with E-state index in [0.29, 0.717) is 33.8 Å². The Balaban J connectivity index is 1.90. The summed E-state index contributed by atoms with van der Waals surface area (Å²) in [6.07, 6.45) is -2.86. The van der Waals surface area contributed by atoms with Crippen LogP contribution in [0.5, 0.6) is 0 Å². The van der Waals surface area contributed by atoms with Crippen LogP contribution in [0.3, 0.4) is 0 Å². The summed E-state index contributed by atoms with van der Waals surface area (Å²) in [7, 11) is 2.89. The van der Waals surface area contributed by atoms with Crippen molar-refractivity contribution in [3.05, 3.63) is 83.4 Å². The highest BCUT2D eigenvalue weighted by molar-refractivity contribution is 5.88. The lowest BCUT2D eigenvalue weighted by atomic mass is 9.80. The Morgan fingerprint density at radius 1 is 1.11 bits per heavy atom. The van der Waals surface area contributed by atoms with Crippen molar-refractivity contribution >= 4 is 17.4 Å². The van der Waals surface area contributed by atoms with Crippen LogP contribution in [0, 0.1) is 5.82 Å². The quantitative estimate of drug-likeness (QED) is 0.297. The van der Waals surface area contributed by atoms with Crippen LogP contribution in [-0.4, -0.2) is 34.7 Å². The largest absolute Gasteiger partial charge is 0.468 e. The molecule has 0 saturated heterocycles. The van der Waals surface area contributed by atoms with Gasteiger partial charge in [-0.1, -0.05) is 24.3 Å². The second kappa shape index (κ2) is 9.01. The minimum Gasteiger partial charge on any atom is -0.468 e. The fourth-order valence-corrected chi connectivity index (χ4v) is 4.18. The third kappa shape index (κ3) is 4.43. The number of rotatable bonds is 6. The molecule has 10 heteroatoms. The summed E-state index contributed by atoms with van der Waals surface area (Å²) < 4.78 is 59.6. The van der Waals surface area contributed by atoms with E-state index in [1.54, 1.807) is 32.2 Å². The zero-order chi connectivity index (χ0) is 25.4. The van der Waals surface area contributed by atoms with Crippen LogP contribution in [0.25, 0.3) is 16.8 Å². The maximum Gasteiger partial charge on any atom is 0.416 e. The zero-order valence-electron chi connectivity index (χ0n) is 19.2. The number of hydrogen-bond acceptors (Lipinski definition) is 5. The molecule has 0 radical (unpaired) electrons. The second-order valence-corrected chi connectivity index (χ2v) is 8.24. The second-order valence-electron chi connectivity index (χ2n) is 8.24. The third-order valence-electron chi connectivity index (χ3n) is 5.90. The summed E-state index contributed by atoms with van der Waals surface area (Å²) in [5, 5.41) is 7.51. The van der Waals surface area contributed by atoms with E-state index >= 15 is 0 Å². The molecular formula is C25H22F4N4O2. The number of aromatic nitrogens is 3. The van der Waals surface area contributed by atoms with Crippen molar-refractivity contribution in [1.82, 2.24) is 14.6 Å². The van der Waals surface area contributed by atoms with Crippen molar-refractivity contribution in [2.75, 3.05) is 19.5 Å². The summed E-state index contributed by atoms with van der Waals surface area (Å²) in [6.45, 7) is 1.66. The van der Waals surface area contributed by atoms with Crippen LogP contribution in [0.15, 0.2) is 60.8 Å². The van der Waals surface area contributed by atoms with E-state index in [4.69, 9.17) is 4.74 Å². The van der Waals surface area contributed by atoms with Gasteiger partial charge in [0.2, 0.25) is 0 Å². The molecule has 2 heterocycles. The van der Waals surface area contributed by atoms with Crippen LogP contribution >= 0.6 is 0 Å². The SMILES string of the molecule is CNc1nn2c(C(C)(Cc3cccc(F)c3)C(=O)OC)ccnc2c1-c1ccc(C(F)(F)F)cc1. The first-order valence-corrected chi connectivity index (χ1v) is 10.6. The highest BCUT2D eigenvalue weighted by atomic mass is 19.4. The molecular weight excluding hydrogens is 464 g/mol. The van der Waals surface area contributed by atoms with Gasteiger partial charge in [0, 0.05) is 13.2 Å². The zero-order valence-corrected chi connectivity index (χ0v) is 19.2. The molecule has 35 heavy (non-hydrogen) atoms. The molecule has 0 spiro atoms. The number of methoxy groups -OCH3 is 1. The van der Waals surface area contributed by atoms with Gasteiger partial charge in [-0.3, -0.25) is 4.79 Å². The van der Waals surface area contributed by atoms with Crippen LogP contribution in [-0.2, 0) is 27.5 Å². The topological polar surface area (TPSA) is 68.5 Å². The van der Waals surface area contributed by atoms with Crippen molar-refractivity contribution in [2.24, 2.45) is 0 Å². The molecule has 0 aliphatic rings. The smallest absolute Gasteiger partial charge is 0.416 e. The van der Waals surface area contributed by atoms with Crippen LogP contribution in [0.4, 0.5) is 23.4 Å². The van der Waals surface area contributed by atoms with Crippen molar-refractivity contribution in [3.8, 4) is 11.1 Å². The molecule has 0 bridgehead atoms. The van der Waals surface area contributed by atoms with E-state index in [-0.39, 0.29) is 6.42 Å². The maximum absolute atomic E-state index is 13.9. The Morgan fingerprint density at radius 3 is 2.43 bits per heavy atom. The molecule has 0 saturated carbocycles. The predicted octanol–water partition coefficient (Wildman–Crippen LogP) is 5.27. The number of halogens is 4. The van der Waals surface area contributed by atoms with E-state index in [9.17, 15) is 22.4 Å². The summed E-state index contributed by atoms with van der Waals surface area (Å²) in [5.41, 5.74) is 0.220. The van der Waals surface area contributed by atoms with Gasteiger partial charge < -0.3 is 10.1 Å². The molecule has 182 valence electrons. The average molecular weight is 486 g/mol. The number of carbonyl (C=O) groups excluding carboxylic acids is 1. The molecule has 1 atom stereocenters. The van der Waals surface area contributed by atoms with Gasteiger partial charge >= 0.3 is 12.1 Å². The fourth-order valence-electron chi connectivity index (χ4n) is 4.18. The number of esters is 1. The normalized spacial score (nSPS) is 13.5. The Morgan fingerprint density at radius 2 is 1.83 bits per heavy atom. The van der Waals surface area contributed by atoms with E-state index in [0.717, 1.165) is 12.1 Å². The number of carbonyl (C=O) groups is 1. The molecule has 4 aromatic rings. The molecule has 0 amide bonds. The molecule has 2 aromatic carbocycles. The van der Waals surface area contributed by atoms with Crippen molar-refractivity contribution in [3.63, 3.8) is 0 Å². The summed E-state index contributed by atoms with van der Waals surface area (Å²) >= 11 is 0. The van der Waals surface area contributed by atoms with E-state index in [1.807, 2.05) is 0 Å². The minimum atomic E-state index is -4.46. The Kier molecular flexibility index (Phi) is 6.23. The predicted molar refractivity (Wildman–Crippen MR) is 122 cm³/mol. The number of fused-ring (bicyclic) bond motifs is 1.